The maximum Gasteiger partial charge on any atom is 0.0412 e. The number of allylic oxidation sites excluding steroid dienone is 3. The molecule has 0 aromatic heterocycles. The van der Waals surface area contributed by atoms with Gasteiger partial charge in [-0.15, -0.1) is 0 Å². The maximum absolute atomic E-state index is 3.46. The molecule has 0 unspecified atom stereocenters. The number of benzene rings is 1. The van der Waals surface area contributed by atoms with E-state index in [1.54, 1.807) is 0 Å². The van der Waals surface area contributed by atoms with Gasteiger partial charge in [0.25, 0.3) is 0 Å². The second-order valence-electron chi connectivity index (χ2n) is 6.39. The average Bonchev–Trinajstić information content (AvgIpc) is 2.55. The Morgan fingerprint density at radius 2 is 1.61 bits per heavy atom. The quantitative estimate of drug-likeness (QED) is 0.339. The standard InChI is InChI=1S/C22H35N/c1-5-7-9-11-13-15-21-19(3)16-17-22(20(21)4)23-18-14-12-10-8-6-2/h11,13-14,16-18,23H,5-10,12,15H2,1-4H3/b13-11-,18-14-. The van der Waals surface area contributed by atoms with Crippen molar-refractivity contribution in [2.45, 2.75) is 79.1 Å². The van der Waals surface area contributed by atoms with E-state index in [1.807, 2.05) is 0 Å². The van der Waals surface area contributed by atoms with Crippen LogP contribution in [0, 0.1) is 13.8 Å². The Hall–Kier alpha value is -1.50. The molecule has 0 heterocycles. The zero-order valence-electron chi connectivity index (χ0n) is 15.6. The Morgan fingerprint density at radius 3 is 2.35 bits per heavy atom. The van der Waals surface area contributed by atoms with Crippen molar-refractivity contribution >= 4 is 5.69 Å². The third kappa shape index (κ3) is 7.54. The monoisotopic (exact) mass is 313 g/mol. The van der Waals surface area contributed by atoms with Crippen molar-refractivity contribution in [3.8, 4) is 0 Å². The van der Waals surface area contributed by atoms with Gasteiger partial charge in [0.1, 0.15) is 0 Å². The summed E-state index contributed by atoms with van der Waals surface area (Å²) in [6, 6.07) is 4.43. The van der Waals surface area contributed by atoms with E-state index in [9.17, 15) is 0 Å². The van der Waals surface area contributed by atoms with Crippen molar-refractivity contribution < 1.29 is 0 Å². The number of unbranched alkanes of at least 4 members (excludes halogenated alkanes) is 5. The molecule has 0 bridgehead atoms. The highest BCUT2D eigenvalue weighted by Crippen LogP contribution is 2.23. The fraction of sp³-hybridized carbons (Fsp3) is 0.545. The predicted octanol–water partition coefficient (Wildman–Crippen LogP) is 7.10. The Labute approximate surface area is 143 Å². The van der Waals surface area contributed by atoms with E-state index in [-0.39, 0.29) is 0 Å². The maximum atomic E-state index is 3.46. The summed E-state index contributed by atoms with van der Waals surface area (Å²) in [5.41, 5.74) is 5.46. The summed E-state index contributed by atoms with van der Waals surface area (Å²) in [6.07, 6.45) is 18.9. The summed E-state index contributed by atoms with van der Waals surface area (Å²) in [6.45, 7) is 8.94. The molecule has 1 heteroatoms. The van der Waals surface area contributed by atoms with Crippen molar-refractivity contribution in [3.05, 3.63) is 53.3 Å². The molecule has 0 saturated heterocycles. The van der Waals surface area contributed by atoms with Gasteiger partial charge < -0.3 is 5.32 Å². The molecule has 0 spiro atoms. The van der Waals surface area contributed by atoms with Crippen molar-refractivity contribution in [3.63, 3.8) is 0 Å². The first-order chi connectivity index (χ1) is 11.2. The number of hydrogen-bond donors (Lipinski definition) is 1. The van der Waals surface area contributed by atoms with E-state index >= 15 is 0 Å². The summed E-state index contributed by atoms with van der Waals surface area (Å²) in [7, 11) is 0. The zero-order chi connectivity index (χ0) is 16.9. The normalized spacial score (nSPS) is 11.7. The largest absolute Gasteiger partial charge is 0.362 e. The first kappa shape index (κ1) is 19.5. The Kier molecular flexibility index (Phi) is 10.2. The molecule has 0 aliphatic carbocycles. The molecular weight excluding hydrogens is 278 g/mol. The minimum Gasteiger partial charge on any atom is -0.362 e. The molecule has 0 atom stereocenters. The van der Waals surface area contributed by atoms with Gasteiger partial charge in [-0.1, -0.05) is 63.8 Å². The summed E-state index contributed by atoms with van der Waals surface area (Å²) in [5.74, 6) is 0. The summed E-state index contributed by atoms with van der Waals surface area (Å²) >= 11 is 0. The molecule has 23 heavy (non-hydrogen) atoms. The van der Waals surface area contributed by atoms with E-state index in [1.165, 1.54) is 67.3 Å². The Balaban J connectivity index is 2.61. The minimum absolute atomic E-state index is 1.04. The summed E-state index contributed by atoms with van der Waals surface area (Å²) < 4.78 is 0. The highest BCUT2D eigenvalue weighted by atomic mass is 14.8. The summed E-state index contributed by atoms with van der Waals surface area (Å²) in [4.78, 5) is 0. The van der Waals surface area contributed by atoms with Crippen LogP contribution in [0.4, 0.5) is 5.69 Å². The first-order valence-electron chi connectivity index (χ1n) is 9.36. The third-order valence-corrected chi connectivity index (χ3v) is 4.38. The molecule has 1 rings (SSSR count). The van der Waals surface area contributed by atoms with E-state index in [2.05, 4.69) is 69.6 Å². The van der Waals surface area contributed by atoms with Gasteiger partial charge in [0.2, 0.25) is 0 Å². The Bertz CT molecular complexity index is 497. The third-order valence-electron chi connectivity index (χ3n) is 4.38. The number of rotatable bonds is 11. The first-order valence-corrected chi connectivity index (χ1v) is 9.36. The SMILES string of the molecule is CCCC/C=C\Cc1c(C)ccc(N/C=C\CCCCC)c1C. The van der Waals surface area contributed by atoms with Gasteiger partial charge in [-0.3, -0.25) is 0 Å². The van der Waals surface area contributed by atoms with Gasteiger partial charge in [0.15, 0.2) is 0 Å². The van der Waals surface area contributed by atoms with Crippen LogP contribution in [0.25, 0.3) is 0 Å². The fourth-order valence-electron chi connectivity index (χ4n) is 2.75. The van der Waals surface area contributed by atoms with Gasteiger partial charge in [-0.2, -0.15) is 0 Å². The molecule has 0 fully saturated rings. The lowest BCUT2D eigenvalue weighted by Crippen LogP contribution is -1.98. The minimum atomic E-state index is 1.04. The van der Waals surface area contributed by atoms with Crippen LogP contribution in [0.3, 0.4) is 0 Å². The topological polar surface area (TPSA) is 12.0 Å². The van der Waals surface area contributed by atoms with E-state index in [4.69, 9.17) is 0 Å². The van der Waals surface area contributed by atoms with Crippen LogP contribution in [0.5, 0.6) is 0 Å². The van der Waals surface area contributed by atoms with E-state index in [0.717, 1.165) is 6.42 Å². The lowest BCUT2D eigenvalue weighted by atomic mass is 9.98. The average molecular weight is 314 g/mol. The molecule has 128 valence electrons. The molecule has 0 saturated carbocycles. The van der Waals surface area contributed by atoms with E-state index in [0.29, 0.717) is 0 Å². The van der Waals surface area contributed by atoms with Gasteiger partial charge >= 0.3 is 0 Å². The zero-order valence-corrected chi connectivity index (χ0v) is 15.6. The van der Waals surface area contributed by atoms with Gasteiger partial charge in [0, 0.05) is 5.69 Å². The van der Waals surface area contributed by atoms with Crippen LogP contribution in [0.1, 0.15) is 75.5 Å². The molecule has 0 aliphatic rings. The molecule has 1 nitrogen and oxygen atoms in total. The van der Waals surface area contributed by atoms with Crippen LogP contribution < -0.4 is 5.32 Å². The lowest BCUT2D eigenvalue weighted by molar-refractivity contribution is 0.729. The molecule has 1 aromatic rings. The van der Waals surface area contributed by atoms with Crippen LogP contribution in [-0.2, 0) is 6.42 Å². The van der Waals surface area contributed by atoms with Crippen molar-refractivity contribution in [1.82, 2.24) is 0 Å². The van der Waals surface area contributed by atoms with Gasteiger partial charge in [0.05, 0.1) is 0 Å². The van der Waals surface area contributed by atoms with Crippen LogP contribution in [0.2, 0.25) is 0 Å². The van der Waals surface area contributed by atoms with Crippen LogP contribution in [0.15, 0.2) is 36.6 Å². The fourth-order valence-corrected chi connectivity index (χ4v) is 2.75. The van der Waals surface area contributed by atoms with E-state index < -0.39 is 0 Å². The highest BCUT2D eigenvalue weighted by molar-refractivity contribution is 5.58. The van der Waals surface area contributed by atoms with Crippen molar-refractivity contribution in [2.24, 2.45) is 0 Å². The number of hydrogen-bond acceptors (Lipinski definition) is 1. The molecule has 1 aromatic carbocycles. The molecule has 0 radical (unpaired) electrons. The molecule has 0 amide bonds. The smallest absolute Gasteiger partial charge is 0.0412 e. The number of anilines is 1. The number of aryl methyl sites for hydroxylation is 1. The van der Waals surface area contributed by atoms with Crippen molar-refractivity contribution in [2.75, 3.05) is 5.32 Å². The Morgan fingerprint density at radius 1 is 0.870 bits per heavy atom. The highest BCUT2D eigenvalue weighted by Gasteiger charge is 2.05. The molecule has 0 aliphatic heterocycles. The lowest BCUT2D eigenvalue weighted by Gasteiger charge is -2.13. The van der Waals surface area contributed by atoms with Crippen LogP contribution >= 0.6 is 0 Å². The molecular formula is C22H35N. The second kappa shape index (κ2) is 12.0. The number of nitrogens with one attached hydrogen (secondary N) is 1. The van der Waals surface area contributed by atoms with Crippen LogP contribution in [-0.4, -0.2) is 0 Å². The van der Waals surface area contributed by atoms with Crippen molar-refractivity contribution in [1.29, 1.82) is 0 Å². The molecule has 1 N–H and O–H groups in total. The second-order valence-corrected chi connectivity index (χ2v) is 6.39. The summed E-state index contributed by atoms with van der Waals surface area (Å²) in [5, 5.41) is 3.46. The van der Waals surface area contributed by atoms with Gasteiger partial charge in [-0.25, -0.2) is 0 Å². The predicted molar refractivity (Wildman–Crippen MR) is 105 cm³/mol. The van der Waals surface area contributed by atoms with Gasteiger partial charge in [-0.05, 0) is 68.5 Å².